The molecule has 31 heavy (non-hydrogen) atoms. The molecule has 2 atom stereocenters. The molecule has 1 aliphatic carbocycles. The summed E-state index contributed by atoms with van der Waals surface area (Å²) in [5.41, 5.74) is -0.528. The number of carbonyl (C=O) groups excluding carboxylic acids is 2. The minimum absolute atomic E-state index is 0.0960. The standard InChI is InChI=1S/C23H43N5O3/c1-16(2)19(27-22(30)31-23(3,4)5)14-25-21(24-6)26-18-12-13-28(15-18)20(29)17-10-8-7-9-11-17/h16-19H,7-15H2,1-6H3,(H,27,30)(H2,24,25,26). The van der Waals surface area contributed by atoms with Crippen molar-refractivity contribution in [2.24, 2.45) is 16.8 Å². The van der Waals surface area contributed by atoms with E-state index in [0.717, 1.165) is 32.4 Å². The highest BCUT2D eigenvalue weighted by molar-refractivity contribution is 5.81. The first kappa shape index (κ1) is 25.3. The molecule has 1 saturated heterocycles. The SMILES string of the molecule is CN=C(NCC(NC(=O)OC(C)(C)C)C(C)C)NC1CCN(C(=O)C2CCCCC2)C1. The molecule has 0 bridgehead atoms. The Morgan fingerprint density at radius 2 is 1.81 bits per heavy atom. The summed E-state index contributed by atoms with van der Waals surface area (Å²) in [6.45, 7) is 11.7. The molecule has 178 valence electrons. The number of hydrogen-bond donors (Lipinski definition) is 3. The molecule has 0 aromatic heterocycles. The van der Waals surface area contributed by atoms with Gasteiger partial charge >= 0.3 is 6.09 Å². The Balaban J connectivity index is 1.80. The number of guanidine groups is 1. The molecule has 0 aromatic carbocycles. The van der Waals surface area contributed by atoms with Gasteiger partial charge < -0.3 is 25.6 Å². The van der Waals surface area contributed by atoms with Crippen molar-refractivity contribution >= 4 is 18.0 Å². The maximum atomic E-state index is 12.8. The van der Waals surface area contributed by atoms with Crippen LogP contribution in [0.5, 0.6) is 0 Å². The lowest BCUT2D eigenvalue weighted by Gasteiger charge is -2.27. The van der Waals surface area contributed by atoms with Crippen LogP contribution in [-0.4, -0.2) is 67.2 Å². The molecule has 1 saturated carbocycles. The summed E-state index contributed by atoms with van der Waals surface area (Å²) in [5.74, 6) is 1.46. The quantitative estimate of drug-likeness (QED) is 0.439. The normalized spacial score (nSPS) is 21.7. The van der Waals surface area contributed by atoms with Crippen LogP contribution in [0.15, 0.2) is 4.99 Å². The number of carbonyl (C=O) groups is 2. The second kappa shape index (κ2) is 11.6. The van der Waals surface area contributed by atoms with Crippen molar-refractivity contribution in [3.8, 4) is 0 Å². The summed E-state index contributed by atoms with van der Waals surface area (Å²) in [4.78, 5) is 31.3. The van der Waals surface area contributed by atoms with E-state index in [1.165, 1.54) is 19.3 Å². The molecule has 2 rings (SSSR count). The van der Waals surface area contributed by atoms with Crippen molar-refractivity contribution in [2.75, 3.05) is 26.7 Å². The average molecular weight is 438 g/mol. The van der Waals surface area contributed by atoms with E-state index in [4.69, 9.17) is 4.74 Å². The van der Waals surface area contributed by atoms with Crippen molar-refractivity contribution < 1.29 is 14.3 Å². The molecule has 1 aliphatic heterocycles. The van der Waals surface area contributed by atoms with Gasteiger partial charge in [-0.25, -0.2) is 4.79 Å². The molecule has 2 aliphatic rings. The molecule has 0 radical (unpaired) electrons. The molecular weight excluding hydrogens is 394 g/mol. The monoisotopic (exact) mass is 437 g/mol. The van der Waals surface area contributed by atoms with Gasteiger partial charge in [-0.2, -0.15) is 0 Å². The number of hydrogen-bond acceptors (Lipinski definition) is 4. The van der Waals surface area contributed by atoms with E-state index in [9.17, 15) is 9.59 Å². The zero-order chi connectivity index (χ0) is 23.0. The van der Waals surface area contributed by atoms with Crippen LogP contribution in [0.1, 0.15) is 73.1 Å². The lowest BCUT2D eigenvalue weighted by molar-refractivity contribution is -0.135. The number of amides is 2. The minimum atomic E-state index is -0.528. The van der Waals surface area contributed by atoms with E-state index >= 15 is 0 Å². The van der Waals surface area contributed by atoms with E-state index in [-0.39, 0.29) is 23.9 Å². The fraction of sp³-hybridized carbons (Fsp3) is 0.870. The number of ether oxygens (including phenoxy) is 1. The highest BCUT2D eigenvalue weighted by Crippen LogP contribution is 2.26. The van der Waals surface area contributed by atoms with Gasteiger partial charge in [-0.1, -0.05) is 33.1 Å². The van der Waals surface area contributed by atoms with Crippen molar-refractivity contribution in [3.63, 3.8) is 0 Å². The average Bonchev–Trinajstić information content (AvgIpc) is 3.17. The minimum Gasteiger partial charge on any atom is -0.444 e. The Bertz CT molecular complexity index is 623. The van der Waals surface area contributed by atoms with E-state index in [1.807, 2.05) is 25.7 Å². The Hall–Kier alpha value is -1.99. The lowest BCUT2D eigenvalue weighted by Crippen LogP contribution is -2.52. The molecule has 2 fully saturated rings. The number of aliphatic imine (C=N–C) groups is 1. The highest BCUT2D eigenvalue weighted by Gasteiger charge is 2.32. The maximum Gasteiger partial charge on any atom is 0.407 e. The lowest BCUT2D eigenvalue weighted by atomic mass is 9.88. The van der Waals surface area contributed by atoms with E-state index < -0.39 is 11.7 Å². The Labute approximate surface area is 187 Å². The first-order chi connectivity index (χ1) is 14.6. The summed E-state index contributed by atoms with van der Waals surface area (Å²) in [6, 6.07) is 0.0939. The smallest absolute Gasteiger partial charge is 0.407 e. The first-order valence-corrected chi connectivity index (χ1v) is 11.8. The number of nitrogens with one attached hydrogen (secondary N) is 3. The zero-order valence-electron chi connectivity index (χ0n) is 20.3. The van der Waals surface area contributed by atoms with Crippen LogP contribution in [-0.2, 0) is 9.53 Å². The molecule has 0 spiro atoms. The largest absolute Gasteiger partial charge is 0.444 e. The first-order valence-electron chi connectivity index (χ1n) is 11.8. The molecule has 8 nitrogen and oxygen atoms in total. The van der Waals surface area contributed by atoms with Gasteiger partial charge in [-0.05, 0) is 46.0 Å². The zero-order valence-corrected chi connectivity index (χ0v) is 20.3. The van der Waals surface area contributed by atoms with Crippen molar-refractivity contribution in [1.82, 2.24) is 20.9 Å². The van der Waals surface area contributed by atoms with Crippen LogP contribution in [0.4, 0.5) is 4.79 Å². The molecule has 0 aromatic rings. The van der Waals surface area contributed by atoms with Gasteiger partial charge in [0.1, 0.15) is 5.60 Å². The summed E-state index contributed by atoms with van der Waals surface area (Å²) < 4.78 is 5.38. The van der Waals surface area contributed by atoms with E-state index in [2.05, 4.69) is 34.8 Å². The number of nitrogens with zero attached hydrogens (tertiary/aromatic N) is 2. The molecule has 3 N–H and O–H groups in total. The Morgan fingerprint density at radius 1 is 1.13 bits per heavy atom. The fourth-order valence-corrected chi connectivity index (χ4v) is 4.19. The van der Waals surface area contributed by atoms with Crippen molar-refractivity contribution in [3.05, 3.63) is 0 Å². The number of rotatable bonds is 6. The van der Waals surface area contributed by atoms with Crippen LogP contribution in [0.2, 0.25) is 0 Å². The topological polar surface area (TPSA) is 95.1 Å². The van der Waals surface area contributed by atoms with Gasteiger partial charge in [0.15, 0.2) is 5.96 Å². The molecule has 2 amide bonds. The highest BCUT2D eigenvalue weighted by atomic mass is 16.6. The summed E-state index contributed by atoms with van der Waals surface area (Å²) in [7, 11) is 1.74. The second-order valence-corrected chi connectivity index (χ2v) is 10.2. The summed E-state index contributed by atoms with van der Waals surface area (Å²) in [5, 5.41) is 9.70. The third kappa shape index (κ3) is 8.57. The fourth-order valence-electron chi connectivity index (χ4n) is 4.19. The Morgan fingerprint density at radius 3 is 2.39 bits per heavy atom. The second-order valence-electron chi connectivity index (χ2n) is 10.2. The van der Waals surface area contributed by atoms with E-state index in [1.54, 1.807) is 7.05 Å². The van der Waals surface area contributed by atoms with Gasteiger partial charge in [0, 0.05) is 38.6 Å². The molecule has 2 unspecified atom stereocenters. The molecule has 8 heteroatoms. The van der Waals surface area contributed by atoms with Gasteiger partial charge in [0.2, 0.25) is 5.91 Å². The van der Waals surface area contributed by atoms with Crippen molar-refractivity contribution in [1.29, 1.82) is 0 Å². The maximum absolute atomic E-state index is 12.8. The van der Waals surface area contributed by atoms with Crippen LogP contribution in [0.25, 0.3) is 0 Å². The molecule has 1 heterocycles. The number of alkyl carbamates (subject to hydrolysis) is 1. The van der Waals surface area contributed by atoms with Gasteiger partial charge in [0.25, 0.3) is 0 Å². The van der Waals surface area contributed by atoms with Gasteiger partial charge in [0.05, 0.1) is 6.04 Å². The van der Waals surface area contributed by atoms with Gasteiger partial charge in [-0.3, -0.25) is 9.79 Å². The predicted octanol–water partition coefficient (Wildman–Crippen LogP) is 2.88. The number of likely N-dealkylation sites (tertiary alicyclic amines) is 1. The van der Waals surface area contributed by atoms with Crippen LogP contribution in [0.3, 0.4) is 0 Å². The van der Waals surface area contributed by atoms with E-state index in [0.29, 0.717) is 18.4 Å². The molecular formula is C23H43N5O3. The Kier molecular flexibility index (Phi) is 9.44. The predicted molar refractivity (Wildman–Crippen MR) is 124 cm³/mol. The third-order valence-electron chi connectivity index (χ3n) is 6.02. The third-order valence-corrected chi connectivity index (χ3v) is 6.02. The van der Waals surface area contributed by atoms with Crippen LogP contribution in [0, 0.1) is 11.8 Å². The van der Waals surface area contributed by atoms with Crippen molar-refractivity contribution in [2.45, 2.75) is 90.8 Å². The van der Waals surface area contributed by atoms with Crippen LogP contribution < -0.4 is 16.0 Å². The summed E-state index contributed by atoms with van der Waals surface area (Å²) >= 11 is 0. The summed E-state index contributed by atoms with van der Waals surface area (Å²) in [6.07, 6.45) is 6.20. The van der Waals surface area contributed by atoms with Crippen LogP contribution >= 0.6 is 0 Å². The van der Waals surface area contributed by atoms with Gasteiger partial charge in [-0.15, -0.1) is 0 Å².